The zero-order chi connectivity index (χ0) is 23.2. The van der Waals surface area contributed by atoms with Gasteiger partial charge in [0.25, 0.3) is 11.1 Å². The number of benzene rings is 1. The number of rotatable bonds is 1. The van der Waals surface area contributed by atoms with Crippen LogP contribution in [-0.4, -0.2) is 25.4 Å². The van der Waals surface area contributed by atoms with Crippen molar-refractivity contribution in [1.82, 2.24) is 13.7 Å². The van der Waals surface area contributed by atoms with Crippen molar-refractivity contribution < 1.29 is 9.53 Å². The maximum Gasteiger partial charge on any atom is 0.419 e. The van der Waals surface area contributed by atoms with Crippen LogP contribution in [0.4, 0.5) is 4.79 Å². The second-order valence-electron chi connectivity index (χ2n) is 8.68. The minimum atomic E-state index is -0.646. The lowest BCUT2D eigenvalue weighted by Crippen LogP contribution is -2.57. The van der Waals surface area contributed by atoms with Gasteiger partial charge < -0.3 is 13.9 Å². The molecule has 0 saturated heterocycles. The predicted octanol–water partition coefficient (Wildman–Crippen LogP) is 2.41. The molecule has 8 heteroatoms. The standard InChI is InChI=1S/C24H25N3O4S/c1-24(2,3)31-23(30)27-14-15(16-9-6-7-10-17(16)27)13-18-21(28)26(5)20(22(29)25(18)4)19-11-8-12-32-19/h6-10,12-14H,11H2,1-5H3. The van der Waals surface area contributed by atoms with Gasteiger partial charge in [0.15, 0.2) is 0 Å². The van der Waals surface area contributed by atoms with Gasteiger partial charge in [-0.15, -0.1) is 11.8 Å². The van der Waals surface area contributed by atoms with E-state index in [1.807, 2.05) is 35.7 Å². The Bertz CT molecular complexity index is 1500. The van der Waals surface area contributed by atoms with Crippen LogP contribution in [0.15, 0.2) is 51.5 Å². The molecular formula is C24H25N3O4S. The highest BCUT2D eigenvalue weighted by molar-refractivity contribution is 8.10. The molecule has 0 spiro atoms. The van der Waals surface area contributed by atoms with Crippen LogP contribution in [0.2, 0.25) is 0 Å². The number of hydrogen-bond donors (Lipinski definition) is 0. The Labute approximate surface area is 188 Å². The van der Waals surface area contributed by atoms with E-state index in [4.69, 9.17) is 4.74 Å². The quantitative estimate of drug-likeness (QED) is 0.568. The van der Waals surface area contributed by atoms with Crippen molar-refractivity contribution in [2.24, 2.45) is 14.1 Å². The van der Waals surface area contributed by atoms with Gasteiger partial charge in [0.2, 0.25) is 0 Å². The van der Waals surface area contributed by atoms with Gasteiger partial charge in [-0.2, -0.15) is 0 Å². The molecule has 0 fully saturated rings. The molecule has 0 saturated carbocycles. The van der Waals surface area contributed by atoms with E-state index < -0.39 is 11.7 Å². The Kier molecular flexibility index (Phi) is 5.50. The van der Waals surface area contributed by atoms with Crippen molar-refractivity contribution in [2.75, 3.05) is 0 Å². The molecule has 2 aromatic heterocycles. The molecule has 0 amide bonds. The molecule has 7 nitrogen and oxygen atoms in total. The summed E-state index contributed by atoms with van der Waals surface area (Å²) in [5, 5.41) is 3.35. The van der Waals surface area contributed by atoms with Crippen LogP contribution in [0, 0.1) is 0 Å². The summed E-state index contributed by atoms with van der Waals surface area (Å²) in [4.78, 5) is 40.0. The lowest BCUT2D eigenvalue weighted by atomic mass is 10.1. The van der Waals surface area contributed by atoms with Crippen molar-refractivity contribution >= 4 is 39.7 Å². The molecule has 3 heterocycles. The molecule has 1 aliphatic heterocycles. The molecule has 3 aromatic rings. The van der Waals surface area contributed by atoms with E-state index in [1.165, 1.54) is 25.5 Å². The van der Waals surface area contributed by atoms with Crippen LogP contribution in [0.25, 0.3) is 21.9 Å². The Morgan fingerprint density at radius 1 is 1.09 bits per heavy atom. The Morgan fingerprint density at radius 3 is 2.47 bits per heavy atom. The first-order valence-corrected chi connectivity index (χ1v) is 11.1. The van der Waals surface area contributed by atoms with Crippen LogP contribution in [-0.2, 0) is 18.8 Å². The second kappa shape index (κ2) is 8.02. The third-order valence-electron chi connectivity index (χ3n) is 5.23. The molecule has 0 aliphatic carbocycles. The summed E-state index contributed by atoms with van der Waals surface area (Å²) in [6, 6.07) is 7.38. The van der Waals surface area contributed by atoms with Crippen LogP contribution >= 0.6 is 11.8 Å². The molecule has 0 radical (unpaired) electrons. The number of ether oxygens (including phenoxy) is 1. The average Bonchev–Trinajstić information content (AvgIpc) is 3.37. The number of thioether (sulfide) groups is 1. The fourth-order valence-corrected chi connectivity index (χ4v) is 4.59. The number of allylic oxidation sites excluding steroid dienone is 1. The third-order valence-corrected chi connectivity index (χ3v) is 6.20. The Morgan fingerprint density at radius 2 is 1.81 bits per heavy atom. The van der Waals surface area contributed by atoms with E-state index in [1.54, 1.807) is 47.1 Å². The van der Waals surface area contributed by atoms with Crippen molar-refractivity contribution in [2.45, 2.75) is 32.8 Å². The summed E-state index contributed by atoms with van der Waals surface area (Å²) >= 11 is 1.46. The van der Waals surface area contributed by atoms with Gasteiger partial charge in [0.1, 0.15) is 16.3 Å². The first kappa shape index (κ1) is 22.0. The second-order valence-corrected chi connectivity index (χ2v) is 9.68. The zero-order valence-corrected chi connectivity index (χ0v) is 19.5. The maximum absolute atomic E-state index is 13.2. The largest absolute Gasteiger partial charge is 0.443 e. The van der Waals surface area contributed by atoms with Gasteiger partial charge in [0.05, 0.1) is 5.52 Å². The van der Waals surface area contributed by atoms with Crippen LogP contribution < -0.4 is 21.8 Å². The van der Waals surface area contributed by atoms with Crippen LogP contribution in [0.5, 0.6) is 0 Å². The van der Waals surface area contributed by atoms with Crippen LogP contribution in [0.3, 0.4) is 0 Å². The van der Waals surface area contributed by atoms with E-state index in [0.29, 0.717) is 22.9 Å². The van der Waals surface area contributed by atoms with Gasteiger partial charge in [-0.25, -0.2) is 4.79 Å². The highest BCUT2D eigenvalue weighted by atomic mass is 32.2. The molecule has 4 rings (SSSR count). The number of para-hydroxylation sites is 1. The number of fused-ring (bicyclic) bond motifs is 1. The lowest BCUT2D eigenvalue weighted by Gasteiger charge is -2.19. The highest BCUT2D eigenvalue weighted by Gasteiger charge is 2.20. The van der Waals surface area contributed by atoms with Gasteiger partial charge in [0, 0.05) is 36.1 Å². The monoisotopic (exact) mass is 451 g/mol. The van der Waals surface area contributed by atoms with Crippen LogP contribution in [0.1, 0.15) is 32.8 Å². The summed E-state index contributed by atoms with van der Waals surface area (Å²) in [5.41, 5.74) is 0.148. The fraction of sp³-hybridized carbons (Fsp3) is 0.292. The number of hydrogen-bond acceptors (Lipinski definition) is 5. The number of carbonyl (C=O) groups excluding carboxylic acids is 1. The Hall–Kier alpha value is -3.26. The van der Waals surface area contributed by atoms with Crippen molar-refractivity contribution in [3.63, 3.8) is 0 Å². The summed E-state index contributed by atoms with van der Waals surface area (Å²) in [6.45, 7) is 5.42. The van der Waals surface area contributed by atoms with E-state index in [-0.39, 0.29) is 16.5 Å². The Balaban J connectivity index is 1.97. The van der Waals surface area contributed by atoms with Gasteiger partial charge in [-0.1, -0.05) is 24.3 Å². The lowest BCUT2D eigenvalue weighted by molar-refractivity contribution is 0.0544. The molecule has 32 heavy (non-hydrogen) atoms. The zero-order valence-electron chi connectivity index (χ0n) is 18.7. The average molecular weight is 452 g/mol. The third kappa shape index (κ3) is 3.86. The molecule has 0 atom stereocenters. The topological polar surface area (TPSA) is 75.2 Å². The van der Waals surface area contributed by atoms with Crippen molar-refractivity contribution in [3.8, 4) is 0 Å². The number of carbonyl (C=O) groups is 1. The van der Waals surface area contributed by atoms with Crippen molar-refractivity contribution in [3.05, 3.63) is 78.9 Å². The molecule has 0 N–H and O–H groups in total. The molecule has 0 bridgehead atoms. The molecule has 166 valence electrons. The van der Waals surface area contributed by atoms with Gasteiger partial charge in [-0.05, 0) is 44.7 Å². The predicted molar refractivity (Wildman–Crippen MR) is 128 cm³/mol. The van der Waals surface area contributed by atoms with Gasteiger partial charge in [-0.3, -0.25) is 14.2 Å². The highest BCUT2D eigenvalue weighted by Crippen LogP contribution is 2.27. The van der Waals surface area contributed by atoms with E-state index in [9.17, 15) is 14.4 Å². The summed E-state index contributed by atoms with van der Waals surface area (Å²) in [7, 11) is 3.21. The summed E-state index contributed by atoms with van der Waals surface area (Å²) in [5.74, 6) is 0. The fourth-order valence-electron chi connectivity index (χ4n) is 3.71. The number of aromatic nitrogens is 3. The summed E-state index contributed by atoms with van der Waals surface area (Å²) < 4.78 is 9.75. The maximum atomic E-state index is 13.2. The minimum Gasteiger partial charge on any atom is -0.443 e. The first-order valence-electron chi connectivity index (χ1n) is 10.2. The molecular weight excluding hydrogens is 426 g/mol. The molecule has 1 aliphatic rings. The minimum absolute atomic E-state index is 0.236. The van der Waals surface area contributed by atoms with E-state index >= 15 is 0 Å². The summed E-state index contributed by atoms with van der Waals surface area (Å²) in [6.07, 6.45) is 5.39. The number of nitrogens with zero attached hydrogens (tertiary/aromatic N) is 3. The molecule has 0 unspecified atom stereocenters. The van der Waals surface area contributed by atoms with Crippen molar-refractivity contribution in [1.29, 1.82) is 0 Å². The van der Waals surface area contributed by atoms with Gasteiger partial charge >= 0.3 is 6.09 Å². The van der Waals surface area contributed by atoms with E-state index in [0.717, 1.165) is 10.3 Å². The SMILES string of the molecule is Cn1c(=O)c(=C2CC=CS2)n(C)c(=O)c1=Cc1cn(C(=O)OC(C)(C)C)c2ccccc12. The molecule has 1 aromatic carbocycles. The van der Waals surface area contributed by atoms with E-state index in [2.05, 4.69) is 0 Å². The normalized spacial score (nSPS) is 16.2. The smallest absolute Gasteiger partial charge is 0.419 e. The first-order chi connectivity index (χ1) is 15.1.